The van der Waals surface area contributed by atoms with Crippen LogP contribution in [0.15, 0.2) is 42.5 Å². The van der Waals surface area contributed by atoms with E-state index in [2.05, 4.69) is 0 Å². The maximum absolute atomic E-state index is 13.8. The Morgan fingerprint density at radius 3 is 2.44 bits per heavy atom. The van der Waals surface area contributed by atoms with Crippen LogP contribution in [0.3, 0.4) is 0 Å². The number of hydrogen-bond acceptors (Lipinski definition) is 2. The van der Waals surface area contributed by atoms with E-state index in [4.69, 9.17) is 10.5 Å². The lowest BCUT2D eigenvalue weighted by molar-refractivity contribution is 0.298. The summed E-state index contributed by atoms with van der Waals surface area (Å²) in [5.41, 5.74) is 6.26. The Morgan fingerprint density at radius 1 is 1.00 bits per heavy atom. The number of ether oxygens (including phenoxy) is 1. The third-order valence-corrected chi connectivity index (χ3v) is 2.57. The number of hydrogen-bond donors (Lipinski definition) is 1. The minimum atomic E-state index is -0.385. The first-order chi connectivity index (χ1) is 8.70. The molecule has 2 aromatic carbocycles. The van der Waals surface area contributed by atoms with Crippen molar-refractivity contribution in [3.05, 3.63) is 65.2 Å². The molecule has 2 aromatic rings. The Labute approximate surface area is 104 Å². The van der Waals surface area contributed by atoms with E-state index in [1.165, 1.54) is 18.2 Å². The summed E-state index contributed by atoms with van der Waals surface area (Å²) >= 11 is 0. The molecule has 0 aromatic heterocycles. The second-order valence-corrected chi connectivity index (χ2v) is 3.84. The maximum Gasteiger partial charge on any atom is 0.134 e. The predicted molar refractivity (Wildman–Crippen MR) is 65.0 cm³/mol. The molecule has 0 spiro atoms. The zero-order chi connectivity index (χ0) is 13.0. The van der Waals surface area contributed by atoms with Gasteiger partial charge in [-0.15, -0.1) is 0 Å². The average molecular weight is 249 g/mol. The molecule has 0 atom stereocenters. The van der Waals surface area contributed by atoms with Gasteiger partial charge in [0.1, 0.15) is 24.0 Å². The molecule has 0 aliphatic heterocycles. The summed E-state index contributed by atoms with van der Waals surface area (Å²) in [7, 11) is 0. The van der Waals surface area contributed by atoms with E-state index in [-0.39, 0.29) is 24.8 Å². The van der Waals surface area contributed by atoms with Crippen molar-refractivity contribution in [1.29, 1.82) is 0 Å². The van der Waals surface area contributed by atoms with E-state index in [0.717, 1.165) is 0 Å². The van der Waals surface area contributed by atoms with Gasteiger partial charge in [-0.2, -0.15) is 0 Å². The standard InChI is InChI=1S/C14H13F2NO/c15-12-5-2-6-13(7-12)18-9-11-4-1-3-10(8-17)14(11)16/h1-7H,8-9,17H2. The van der Waals surface area contributed by atoms with E-state index in [1.807, 2.05) is 0 Å². The summed E-state index contributed by atoms with van der Waals surface area (Å²) in [5, 5.41) is 0. The normalized spacial score (nSPS) is 10.4. The lowest BCUT2D eigenvalue weighted by Gasteiger charge is -2.09. The first-order valence-electron chi connectivity index (χ1n) is 5.55. The highest BCUT2D eigenvalue weighted by atomic mass is 19.1. The molecule has 0 saturated heterocycles. The quantitative estimate of drug-likeness (QED) is 0.904. The van der Waals surface area contributed by atoms with Crippen molar-refractivity contribution < 1.29 is 13.5 Å². The van der Waals surface area contributed by atoms with Crippen LogP contribution in [0.25, 0.3) is 0 Å². The second-order valence-electron chi connectivity index (χ2n) is 3.84. The van der Waals surface area contributed by atoms with Crippen molar-refractivity contribution in [2.24, 2.45) is 5.73 Å². The van der Waals surface area contributed by atoms with E-state index >= 15 is 0 Å². The Balaban J connectivity index is 2.11. The molecule has 0 heterocycles. The van der Waals surface area contributed by atoms with Gasteiger partial charge in [0.05, 0.1) is 0 Å². The lowest BCUT2D eigenvalue weighted by Crippen LogP contribution is -2.05. The van der Waals surface area contributed by atoms with Gasteiger partial charge >= 0.3 is 0 Å². The van der Waals surface area contributed by atoms with Gasteiger partial charge in [0.15, 0.2) is 0 Å². The Kier molecular flexibility index (Phi) is 3.89. The van der Waals surface area contributed by atoms with Gasteiger partial charge in [-0.25, -0.2) is 8.78 Å². The molecule has 0 amide bonds. The van der Waals surface area contributed by atoms with Gasteiger partial charge in [0.25, 0.3) is 0 Å². The van der Waals surface area contributed by atoms with Crippen molar-refractivity contribution in [2.75, 3.05) is 0 Å². The number of rotatable bonds is 4. The Bertz CT molecular complexity index is 543. The summed E-state index contributed by atoms with van der Waals surface area (Å²) in [6.45, 7) is 0.183. The van der Waals surface area contributed by atoms with Gasteiger partial charge < -0.3 is 10.5 Å². The fourth-order valence-corrected chi connectivity index (χ4v) is 1.62. The lowest BCUT2D eigenvalue weighted by atomic mass is 10.1. The molecular formula is C14H13F2NO. The molecule has 4 heteroatoms. The van der Waals surface area contributed by atoms with Crippen molar-refractivity contribution in [1.82, 2.24) is 0 Å². The van der Waals surface area contributed by atoms with Gasteiger partial charge in [-0.05, 0) is 12.1 Å². The van der Waals surface area contributed by atoms with Crippen molar-refractivity contribution in [2.45, 2.75) is 13.2 Å². The van der Waals surface area contributed by atoms with Crippen LogP contribution in [0.1, 0.15) is 11.1 Å². The molecule has 0 unspecified atom stereocenters. The third-order valence-electron chi connectivity index (χ3n) is 2.57. The van der Waals surface area contributed by atoms with Crippen LogP contribution in [-0.4, -0.2) is 0 Å². The largest absolute Gasteiger partial charge is 0.489 e. The number of halogens is 2. The van der Waals surface area contributed by atoms with Gasteiger partial charge in [-0.3, -0.25) is 0 Å². The molecular weight excluding hydrogens is 236 g/mol. The average Bonchev–Trinajstić information content (AvgIpc) is 2.38. The van der Waals surface area contributed by atoms with E-state index < -0.39 is 0 Å². The van der Waals surface area contributed by atoms with E-state index in [0.29, 0.717) is 16.9 Å². The molecule has 0 aliphatic carbocycles. The highest BCUT2D eigenvalue weighted by Gasteiger charge is 2.07. The molecule has 0 bridgehead atoms. The topological polar surface area (TPSA) is 35.2 Å². The van der Waals surface area contributed by atoms with Gasteiger partial charge in [-0.1, -0.05) is 24.3 Å². The smallest absolute Gasteiger partial charge is 0.134 e. The molecule has 2 rings (SSSR count). The van der Waals surface area contributed by atoms with Crippen molar-refractivity contribution in [3.63, 3.8) is 0 Å². The van der Waals surface area contributed by atoms with Crippen LogP contribution in [0, 0.1) is 11.6 Å². The van der Waals surface area contributed by atoms with Crippen LogP contribution in [0.2, 0.25) is 0 Å². The fraction of sp³-hybridized carbons (Fsp3) is 0.143. The second kappa shape index (κ2) is 5.60. The van der Waals surface area contributed by atoms with Crippen LogP contribution >= 0.6 is 0 Å². The molecule has 0 fully saturated rings. The minimum absolute atomic E-state index is 0.0448. The highest BCUT2D eigenvalue weighted by molar-refractivity contribution is 5.27. The summed E-state index contributed by atoms with van der Waals surface area (Å²) in [5.74, 6) is -0.382. The summed E-state index contributed by atoms with van der Waals surface area (Å²) in [6.07, 6.45) is 0. The van der Waals surface area contributed by atoms with Gasteiger partial charge in [0, 0.05) is 23.7 Å². The summed E-state index contributed by atoms with van der Waals surface area (Å²) in [6, 6.07) is 10.7. The maximum atomic E-state index is 13.8. The molecule has 2 N–H and O–H groups in total. The Hall–Kier alpha value is -1.94. The van der Waals surface area contributed by atoms with Crippen LogP contribution in [-0.2, 0) is 13.2 Å². The highest BCUT2D eigenvalue weighted by Crippen LogP contribution is 2.17. The molecule has 94 valence electrons. The van der Waals surface area contributed by atoms with Crippen molar-refractivity contribution >= 4 is 0 Å². The number of nitrogens with two attached hydrogens (primary N) is 1. The minimum Gasteiger partial charge on any atom is -0.489 e. The van der Waals surface area contributed by atoms with E-state index in [1.54, 1.807) is 24.3 Å². The Morgan fingerprint density at radius 2 is 1.72 bits per heavy atom. The zero-order valence-corrected chi connectivity index (χ0v) is 9.70. The van der Waals surface area contributed by atoms with Crippen LogP contribution in [0.4, 0.5) is 8.78 Å². The molecule has 0 saturated carbocycles. The fourth-order valence-electron chi connectivity index (χ4n) is 1.62. The van der Waals surface area contributed by atoms with Crippen LogP contribution in [0.5, 0.6) is 5.75 Å². The van der Waals surface area contributed by atoms with Crippen molar-refractivity contribution in [3.8, 4) is 5.75 Å². The first kappa shape index (κ1) is 12.5. The summed E-state index contributed by atoms with van der Waals surface area (Å²) < 4.78 is 32.1. The molecule has 0 radical (unpaired) electrons. The molecule has 18 heavy (non-hydrogen) atoms. The van der Waals surface area contributed by atoms with E-state index in [9.17, 15) is 8.78 Å². The number of benzene rings is 2. The predicted octanol–water partition coefficient (Wildman–Crippen LogP) is 3.00. The molecule has 2 nitrogen and oxygen atoms in total. The SMILES string of the molecule is NCc1cccc(COc2cccc(F)c2)c1F. The molecule has 0 aliphatic rings. The first-order valence-corrected chi connectivity index (χ1v) is 5.55. The third kappa shape index (κ3) is 2.84. The monoisotopic (exact) mass is 249 g/mol. The zero-order valence-electron chi connectivity index (χ0n) is 9.70. The van der Waals surface area contributed by atoms with Gasteiger partial charge in [0.2, 0.25) is 0 Å². The van der Waals surface area contributed by atoms with Crippen LogP contribution < -0.4 is 10.5 Å². The summed E-state index contributed by atoms with van der Waals surface area (Å²) in [4.78, 5) is 0.